The van der Waals surface area contributed by atoms with Crippen LogP contribution in [0.5, 0.6) is 0 Å². The Morgan fingerprint density at radius 1 is 0.812 bits per heavy atom. The summed E-state index contributed by atoms with van der Waals surface area (Å²) < 4.78 is 11.0. The van der Waals surface area contributed by atoms with Crippen molar-refractivity contribution in [3.63, 3.8) is 0 Å². The molecule has 82 valence electrons. The van der Waals surface area contributed by atoms with Gasteiger partial charge in [0.15, 0.2) is 0 Å². The number of benzene rings is 1. The molecule has 2 heterocycles. The molecule has 0 fully saturated rings. The molecule has 2 aliphatic heterocycles. The summed E-state index contributed by atoms with van der Waals surface area (Å²) in [4.78, 5) is 8.64. The third-order valence-electron chi connectivity index (χ3n) is 2.56. The first kappa shape index (κ1) is 9.39. The standard InChI is InChI=1S/C12H12N2O2/c1-2-4-10(12-14-6-8-16-12)9(3-1)11-13-5-7-15-11/h1-4H,5-8H2. The highest BCUT2D eigenvalue weighted by atomic mass is 16.5. The van der Waals surface area contributed by atoms with E-state index >= 15 is 0 Å². The van der Waals surface area contributed by atoms with E-state index in [0.717, 1.165) is 24.2 Å². The Morgan fingerprint density at radius 2 is 1.31 bits per heavy atom. The van der Waals surface area contributed by atoms with Gasteiger partial charge in [0.1, 0.15) is 13.2 Å². The molecular formula is C12H12N2O2. The second-order valence-electron chi connectivity index (χ2n) is 3.62. The first-order chi connectivity index (χ1) is 7.95. The van der Waals surface area contributed by atoms with E-state index in [1.807, 2.05) is 24.3 Å². The van der Waals surface area contributed by atoms with Crippen LogP contribution in [0.3, 0.4) is 0 Å². The Morgan fingerprint density at radius 3 is 1.69 bits per heavy atom. The summed E-state index contributed by atoms with van der Waals surface area (Å²) in [5.41, 5.74) is 1.95. The second-order valence-corrected chi connectivity index (χ2v) is 3.62. The lowest BCUT2D eigenvalue weighted by molar-refractivity contribution is 0.344. The Bertz CT molecular complexity index is 423. The molecule has 0 aliphatic carbocycles. The highest BCUT2D eigenvalue weighted by molar-refractivity contribution is 6.07. The summed E-state index contributed by atoms with van der Waals surface area (Å²) in [5, 5.41) is 0. The van der Waals surface area contributed by atoms with Crippen LogP contribution in [0.1, 0.15) is 11.1 Å². The lowest BCUT2D eigenvalue weighted by Gasteiger charge is -2.08. The SMILES string of the molecule is c1ccc(C2=NCCO2)c(C2=NCCO2)c1. The molecule has 0 amide bonds. The molecule has 2 aliphatic rings. The van der Waals surface area contributed by atoms with Crippen molar-refractivity contribution in [1.29, 1.82) is 0 Å². The minimum atomic E-state index is 0.664. The molecule has 0 bridgehead atoms. The molecule has 0 unspecified atom stereocenters. The molecule has 0 atom stereocenters. The maximum atomic E-state index is 5.48. The Labute approximate surface area is 93.6 Å². The van der Waals surface area contributed by atoms with Gasteiger partial charge in [0.2, 0.25) is 11.8 Å². The van der Waals surface area contributed by atoms with Crippen LogP contribution < -0.4 is 0 Å². The lowest BCUT2D eigenvalue weighted by atomic mass is 10.1. The molecule has 3 rings (SSSR count). The van der Waals surface area contributed by atoms with Crippen molar-refractivity contribution in [2.75, 3.05) is 26.3 Å². The Kier molecular flexibility index (Phi) is 2.33. The second kappa shape index (κ2) is 3.96. The van der Waals surface area contributed by atoms with Gasteiger partial charge in [-0.05, 0) is 12.1 Å². The Balaban J connectivity index is 2.03. The zero-order chi connectivity index (χ0) is 10.8. The van der Waals surface area contributed by atoms with Gasteiger partial charge in [-0.1, -0.05) is 12.1 Å². The first-order valence-corrected chi connectivity index (χ1v) is 5.39. The normalized spacial score (nSPS) is 18.8. The minimum Gasteiger partial charge on any atom is -0.475 e. The molecule has 16 heavy (non-hydrogen) atoms. The van der Waals surface area contributed by atoms with Crippen molar-refractivity contribution in [2.45, 2.75) is 0 Å². The summed E-state index contributed by atoms with van der Waals surface area (Å²) in [5.74, 6) is 1.41. The van der Waals surface area contributed by atoms with Crippen molar-refractivity contribution >= 4 is 11.8 Å². The van der Waals surface area contributed by atoms with Gasteiger partial charge in [0.05, 0.1) is 13.1 Å². The van der Waals surface area contributed by atoms with Crippen LogP contribution >= 0.6 is 0 Å². The van der Waals surface area contributed by atoms with Gasteiger partial charge < -0.3 is 9.47 Å². The molecule has 0 saturated heterocycles. The fraction of sp³-hybridized carbons (Fsp3) is 0.333. The number of aliphatic imine (C=N–C) groups is 2. The average Bonchev–Trinajstić information content (AvgIpc) is 3.03. The molecule has 0 saturated carbocycles. The lowest BCUT2D eigenvalue weighted by Crippen LogP contribution is -2.11. The predicted molar refractivity (Wildman–Crippen MR) is 61.2 cm³/mol. The monoisotopic (exact) mass is 216 g/mol. The Hall–Kier alpha value is -1.84. The van der Waals surface area contributed by atoms with Gasteiger partial charge >= 0.3 is 0 Å². The summed E-state index contributed by atoms with van der Waals surface area (Å²) in [7, 11) is 0. The number of hydrogen-bond acceptors (Lipinski definition) is 4. The van der Waals surface area contributed by atoms with E-state index in [2.05, 4.69) is 9.98 Å². The first-order valence-electron chi connectivity index (χ1n) is 5.39. The number of nitrogens with zero attached hydrogens (tertiary/aromatic N) is 2. The fourth-order valence-electron chi connectivity index (χ4n) is 1.85. The molecule has 1 aromatic carbocycles. The van der Waals surface area contributed by atoms with Gasteiger partial charge in [-0.3, -0.25) is 0 Å². The molecular weight excluding hydrogens is 204 g/mol. The molecule has 4 nitrogen and oxygen atoms in total. The largest absolute Gasteiger partial charge is 0.475 e. The smallest absolute Gasteiger partial charge is 0.217 e. The van der Waals surface area contributed by atoms with Crippen LogP contribution in [-0.4, -0.2) is 38.1 Å². The third kappa shape index (κ3) is 1.56. The highest BCUT2D eigenvalue weighted by Gasteiger charge is 2.19. The van der Waals surface area contributed by atoms with Gasteiger partial charge in [-0.15, -0.1) is 0 Å². The zero-order valence-corrected chi connectivity index (χ0v) is 8.85. The van der Waals surface area contributed by atoms with Crippen LogP contribution in [0.15, 0.2) is 34.3 Å². The van der Waals surface area contributed by atoms with E-state index < -0.39 is 0 Å². The summed E-state index contributed by atoms with van der Waals surface area (Å²) in [6, 6.07) is 7.92. The molecule has 0 spiro atoms. The van der Waals surface area contributed by atoms with Crippen LogP contribution in [-0.2, 0) is 9.47 Å². The van der Waals surface area contributed by atoms with Crippen LogP contribution in [0.4, 0.5) is 0 Å². The van der Waals surface area contributed by atoms with E-state index in [9.17, 15) is 0 Å². The van der Waals surface area contributed by atoms with Gasteiger partial charge in [0.25, 0.3) is 0 Å². The number of hydrogen-bond donors (Lipinski definition) is 0. The van der Waals surface area contributed by atoms with Gasteiger partial charge in [-0.2, -0.15) is 0 Å². The minimum absolute atomic E-state index is 0.664. The van der Waals surface area contributed by atoms with E-state index in [-0.39, 0.29) is 0 Å². The molecule has 1 aromatic rings. The van der Waals surface area contributed by atoms with E-state index in [1.54, 1.807) is 0 Å². The maximum absolute atomic E-state index is 5.48. The molecule has 0 radical (unpaired) electrons. The van der Waals surface area contributed by atoms with Gasteiger partial charge in [0, 0.05) is 11.1 Å². The summed E-state index contributed by atoms with van der Waals surface area (Å²) >= 11 is 0. The summed E-state index contributed by atoms with van der Waals surface area (Å²) in [6.45, 7) is 2.79. The van der Waals surface area contributed by atoms with Crippen LogP contribution in [0.25, 0.3) is 0 Å². The van der Waals surface area contributed by atoms with Crippen LogP contribution in [0.2, 0.25) is 0 Å². The fourth-order valence-corrected chi connectivity index (χ4v) is 1.85. The van der Waals surface area contributed by atoms with Crippen molar-refractivity contribution in [2.24, 2.45) is 9.98 Å². The predicted octanol–water partition coefficient (Wildman–Crippen LogP) is 1.24. The summed E-state index contributed by atoms with van der Waals surface area (Å²) in [6.07, 6.45) is 0. The van der Waals surface area contributed by atoms with Crippen molar-refractivity contribution in [3.8, 4) is 0 Å². The van der Waals surface area contributed by atoms with Crippen molar-refractivity contribution < 1.29 is 9.47 Å². The van der Waals surface area contributed by atoms with Crippen molar-refractivity contribution in [3.05, 3.63) is 35.4 Å². The van der Waals surface area contributed by atoms with E-state index in [1.165, 1.54) is 0 Å². The topological polar surface area (TPSA) is 43.2 Å². The number of ether oxygens (including phenoxy) is 2. The highest BCUT2D eigenvalue weighted by Crippen LogP contribution is 2.17. The van der Waals surface area contributed by atoms with E-state index in [0.29, 0.717) is 25.0 Å². The van der Waals surface area contributed by atoms with E-state index in [4.69, 9.17) is 9.47 Å². The average molecular weight is 216 g/mol. The van der Waals surface area contributed by atoms with Crippen LogP contribution in [0, 0.1) is 0 Å². The maximum Gasteiger partial charge on any atom is 0.217 e. The third-order valence-corrected chi connectivity index (χ3v) is 2.56. The molecule has 0 aromatic heterocycles. The quantitative estimate of drug-likeness (QED) is 0.746. The van der Waals surface area contributed by atoms with Gasteiger partial charge in [-0.25, -0.2) is 9.98 Å². The molecule has 0 N–H and O–H groups in total. The zero-order valence-electron chi connectivity index (χ0n) is 8.85. The molecule has 4 heteroatoms. The van der Waals surface area contributed by atoms with Crippen molar-refractivity contribution in [1.82, 2.24) is 0 Å². The number of rotatable bonds is 2.